The van der Waals surface area contributed by atoms with Gasteiger partial charge in [-0.2, -0.15) is 0 Å². The quantitative estimate of drug-likeness (QED) is 0.0901. The van der Waals surface area contributed by atoms with Gasteiger partial charge in [0.1, 0.15) is 0 Å². The topological polar surface area (TPSA) is 16.2 Å². The summed E-state index contributed by atoms with van der Waals surface area (Å²) in [4.78, 5) is 11.6. The van der Waals surface area contributed by atoms with E-state index in [0.29, 0.717) is 0 Å². The first-order valence-electron chi connectivity index (χ1n) is 28.2. The number of nitrogens with zero attached hydrogens (tertiary/aromatic N) is 5. The van der Waals surface area contributed by atoms with Crippen LogP contribution in [0.1, 0.15) is 0 Å². The standard InChI is InChI=1S/C78H59N5/c1-8-24-60(25-9-1)62-28-22-40-77(58-62)82(67-36-18-6-19-37-67)75-54-50-73(51-55-75)80(65-32-14-4-15-33-65)71-46-42-69(43-47-71)79(64-30-12-3-13-31-64)70-44-48-72(49-45-70)81(66-34-16-5-17-35-66)74-52-56-76(57-53-74)83(68-38-20-7-21-39-68)78-41-23-29-63(59-78)61-26-10-2-11-27-61/h1-59H. The Morgan fingerprint density at radius 2 is 0.253 bits per heavy atom. The van der Waals surface area contributed by atoms with Crippen molar-refractivity contribution in [3.8, 4) is 22.3 Å². The van der Waals surface area contributed by atoms with Crippen molar-refractivity contribution < 1.29 is 0 Å². The van der Waals surface area contributed by atoms with E-state index < -0.39 is 0 Å². The molecule has 396 valence electrons. The van der Waals surface area contributed by atoms with Crippen LogP contribution in [0.5, 0.6) is 0 Å². The van der Waals surface area contributed by atoms with Crippen LogP contribution >= 0.6 is 0 Å². The molecule has 0 bridgehead atoms. The second-order valence-electron chi connectivity index (χ2n) is 20.3. The van der Waals surface area contributed by atoms with Gasteiger partial charge in [0.2, 0.25) is 0 Å². The zero-order chi connectivity index (χ0) is 55.6. The normalized spacial score (nSPS) is 10.9. The Hall–Kier alpha value is -11.1. The number of hydrogen-bond donors (Lipinski definition) is 0. The van der Waals surface area contributed by atoms with E-state index >= 15 is 0 Å². The van der Waals surface area contributed by atoms with E-state index in [2.05, 4.69) is 382 Å². The molecule has 0 amide bonds. The third-order valence-electron chi connectivity index (χ3n) is 15.0. The Morgan fingerprint density at radius 1 is 0.108 bits per heavy atom. The highest BCUT2D eigenvalue weighted by molar-refractivity contribution is 5.87. The molecule has 0 atom stereocenters. The SMILES string of the molecule is c1ccc(-c2cccc(N(c3ccccc3)c3ccc(N(c4ccccc4)c4ccc(N(c5ccccc5)c5ccc(N(c6ccccc6)c6ccc(N(c7ccccc7)c7cccc(-c8ccccc8)c7)cc6)cc5)cc4)cc3)c2)cc1. The van der Waals surface area contributed by atoms with Crippen molar-refractivity contribution in [3.05, 3.63) is 358 Å². The molecule has 0 unspecified atom stereocenters. The van der Waals surface area contributed by atoms with Crippen LogP contribution in [0.4, 0.5) is 85.3 Å². The predicted molar refractivity (Wildman–Crippen MR) is 351 cm³/mol. The number of rotatable bonds is 17. The van der Waals surface area contributed by atoms with Gasteiger partial charge >= 0.3 is 0 Å². The molecule has 0 aromatic heterocycles. The van der Waals surface area contributed by atoms with Crippen LogP contribution < -0.4 is 24.5 Å². The van der Waals surface area contributed by atoms with E-state index in [9.17, 15) is 0 Å². The summed E-state index contributed by atoms with van der Waals surface area (Å²) in [5, 5.41) is 0. The van der Waals surface area contributed by atoms with Crippen LogP contribution in [0.2, 0.25) is 0 Å². The van der Waals surface area contributed by atoms with Gasteiger partial charge in [-0.05, 0) is 204 Å². The molecule has 83 heavy (non-hydrogen) atoms. The second kappa shape index (κ2) is 24.1. The molecule has 0 aliphatic carbocycles. The molecule has 0 fully saturated rings. The van der Waals surface area contributed by atoms with Crippen molar-refractivity contribution in [1.82, 2.24) is 0 Å². The van der Waals surface area contributed by atoms with Crippen LogP contribution in [-0.2, 0) is 0 Å². The lowest BCUT2D eigenvalue weighted by molar-refractivity contribution is 1.24. The Bertz CT molecular complexity index is 3890. The average Bonchev–Trinajstić information content (AvgIpc) is 3.60. The van der Waals surface area contributed by atoms with Gasteiger partial charge in [0.25, 0.3) is 0 Å². The summed E-state index contributed by atoms with van der Waals surface area (Å²) in [5.74, 6) is 0. The highest BCUT2D eigenvalue weighted by atomic mass is 15.2. The Labute approximate surface area is 487 Å². The molecule has 13 aromatic rings. The van der Waals surface area contributed by atoms with E-state index in [1.54, 1.807) is 0 Å². The molecule has 0 N–H and O–H groups in total. The minimum absolute atomic E-state index is 1.04. The second-order valence-corrected chi connectivity index (χ2v) is 20.3. The number of hydrogen-bond acceptors (Lipinski definition) is 5. The molecule has 5 nitrogen and oxygen atoms in total. The summed E-state index contributed by atoms with van der Waals surface area (Å²) in [5.41, 5.74) is 20.7. The van der Waals surface area contributed by atoms with Crippen molar-refractivity contribution in [2.24, 2.45) is 0 Å². The van der Waals surface area contributed by atoms with Crippen molar-refractivity contribution in [2.45, 2.75) is 0 Å². The molecule has 0 aliphatic heterocycles. The molecule has 0 saturated heterocycles. The zero-order valence-electron chi connectivity index (χ0n) is 45.8. The lowest BCUT2D eigenvalue weighted by Crippen LogP contribution is -2.13. The van der Waals surface area contributed by atoms with E-state index in [-0.39, 0.29) is 0 Å². The van der Waals surface area contributed by atoms with Crippen LogP contribution in [0, 0.1) is 0 Å². The molecule has 13 rings (SSSR count). The fourth-order valence-electron chi connectivity index (χ4n) is 11.0. The van der Waals surface area contributed by atoms with E-state index in [1.165, 1.54) is 22.3 Å². The smallest absolute Gasteiger partial charge is 0.0467 e. The van der Waals surface area contributed by atoms with Crippen molar-refractivity contribution in [3.63, 3.8) is 0 Å². The maximum absolute atomic E-state index is 2.33. The molecule has 0 radical (unpaired) electrons. The van der Waals surface area contributed by atoms with Gasteiger partial charge in [-0.3, -0.25) is 0 Å². The van der Waals surface area contributed by atoms with Gasteiger partial charge in [-0.25, -0.2) is 0 Å². The van der Waals surface area contributed by atoms with Gasteiger partial charge in [-0.15, -0.1) is 0 Å². The van der Waals surface area contributed by atoms with E-state index in [0.717, 1.165) is 85.3 Å². The highest BCUT2D eigenvalue weighted by Crippen LogP contribution is 2.44. The summed E-state index contributed by atoms with van der Waals surface area (Å²) in [6.07, 6.45) is 0. The first-order chi connectivity index (χ1) is 41.2. The summed E-state index contributed by atoms with van der Waals surface area (Å²) in [6.45, 7) is 0. The lowest BCUT2D eigenvalue weighted by atomic mass is 10.0. The lowest BCUT2D eigenvalue weighted by Gasteiger charge is -2.30. The predicted octanol–water partition coefficient (Wildman–Crippen LogP) is 22.4. The minimum atomic E-state index is 1.04. The molecule has 5 heteroatoms. The highest BCUT2D eigenvalue weighted by Gasteiger charge is 2.21. The molecule has 0 spiro atoms. The Balaban J connectivity index is 0.813. The van der Waals surface area contributed by atoms with Gasteiger partial charge in [0.05, 0.1) is 0 Å². The van der Waals surface area contributed by atoms with Crippen molar-refractivity contribution in [2.75, 3.05) is 24.5 Å². The third kappa shape index (κ3) is 11.2. The van der Waals surface area contributed by atoms with Crippen molar-refractivity contribution >= 4 is 85.3 Å². The van der Waals surface area contributed by atoms with Crippen molar-refractivity contribution in [1.29, 1.82) is 0 Å². The van der Waals surface area contributed by atoms with E-state index in [4.69, 9.17) is 0 Å². The minimum Gasteiger partial charge on any atom is -0.311 e. The largest absolute Gasteiger partial charge is 0.311 e. The maximum atomic E-state index is 2.33. The monoisotopic (exact) mass is 1070 g/mol. The summed E-state index contributed by atoms with van der Waals surface area (Å²) < 4.78 is 0. The first-order valence-corrected chi connectivity index (χ1v) is 28.2. The van der Waals surface area contributed by atoms with Crippen LogP contribution in [0.25, 0.3) is 22.3 Å². The third-order valence-corrected chi connectivity index (χ3v) is 15.0. The molecule has 13 aromatic carbocycles. The van der Waals surface area contributed by atoms with E-state index in [1.807, 2.05) is 0 Å². The maximum Gasteiger partial charge on any atom is 0.0467 e. The van der Waals surface area contributed by atoms with Crippen LogP contribution in [0.15, 0.2) is 358 Å². The fourth-order valence-corrected chi connectivity index (χ4v) is 11.0. The molecule has 0 aliphatic rings. The van der Waals surface area contributed by atoms with Gasteiger partial charge < -0.3 is 24.5 Å². The van der Waals surface area contributed by atoms with Gasteiger partial charge in [-0.1, -0.05) is 176 Å². The first kappa shape index (κ1) is 51.3. The molecular formula is C78H59N5. The Morgan fingerprint density at radius 3 is 0.458 bits per heavy atom. The van der Waals surface area contributed by atoms with Gasteiger partial charge in [0, 0.05) is 85.3 Å². The van der Waals surface area contributed by atoms with Crippen LogP contribution in [0.3, 0.4) is 0 Å². The Kier molecular flexibility index (Phi) is 14.9. The number of para-hydroxylation sites is 5. The summed E-state index contributed by atoms with van der Waals surface area (Å²) in [7, 11) is 0. The number of anilines is 15. The fraction of sp³-hybridized carbons (Fsp3) is 0. The average molecular weight is 1070 g/mol. The molecule has 0 saturated carbocycles. The number of benzene rings is 13. The summed E-state index contributed by atoms with van der Waals surface area (Å²) >= 11 is 0. The molecule has 0 heterocycles. The molecular weight excluding hydrogens is 1010 g/mol. The van der Waals surface area contributed by atoms with Gasteiger partial charge in [0.15, 0.2) is 0 Å². The van der Waals surface area contributed by atoms with Crippen LogP contribution in [-0.4, -0.2) is 0 Å². The summed E-state index contributed by atoms with van der Waals surface area (Å²) in [6, 6.07) is 127. The zero-order valence-corrected chi connectivity index (χ0v) is 45.8.